The monoisotopic (exact) mass is 525 g/mol. The van der Waals surface area contributed by atoms with E-state index in [0.717, 1.165) is 5.56 Å². The standard InChI is InChI=1S/C25H24BrN3O3S/c1-3-32-22-14-13-18(15-20(22)26)23(30)29-25(33)28-21-12-8-7-11-19(21)24(31)27-16(2)17-9-5-4-6-10-17/h4-16H,3H2,1-2H3,(H,27,31)(H2,28,29,30,33). The van der Waals surface area contributed by atoms with Gasteiger partial charge in [-0.3, -0.25) is 14.9 Å². The van der Waals surface area contributed by atoms with Crippen molar-refractivity contribution < 1.29 is 14.3 Å². The first-order valence-corrected chi connectivity index (χ1v) is 11.6. The first-order valence-electron chi connectivity index (χ1n) is 10.4. The van der Waals surface area contributed by atoms with E-state index in [1.54, 1.807) is 42.5 Å². The fraction of sp³-hybridized carbons (Fsp3) is 0.160. The molecule has 0 saturated heterocycles. The van der Waals surface area contributed by atoms with Crippen LogP contribution in [0.4, 0.5) is 5.69 Å². The molecule has 1 atom stereocenters. The van der Waals surface area contributed by atoms with E-state index in [-0.39, 0.29) is 23.0 Å². The summed E-state index contributed by atoms with van der Waals surface area (Å²) in [7, 11) is 0. The Hall–Kier alpha value is -3.23. The number of carbonyl (C=O) groups excluding carboxylic acids is 2. The SMILES string of the molecule is CCOc1ccc(C(=O)NC(=S)Nc2ccccc2C(=O)NC(C)c2ccccc2)cc1Br. The van der Waals surface area contributed by atoms with Gasteiger partial charge in [-0.2, -0.15) is 0 Å². The van der Waals surface area contributed by atoms with Crippen molar-refractivity contribution in [1.29, 1.82) is 0 Å². The number of rotatable bonds is 7. The van der Waals surface area contributed by atoms with Gasteiger partial charge in [0.25, 0.3) is 11.8 Å². The van der Waals surface area contributed by atoms with Crippen LogP contribution in [0.5, 0.6) is 5.75 Å². The number of amides is 2. The van der Waals surface area contributed by atoms with Crippen molar-refractivity contribution in [3.05, 3.63) is 94.0 Å². The van der Waals surface area contributed by atoms with E-state index in [1.165, 1.54) is 0 Å². The Labute approximate surface area is 206 Å². The number of para-hydroxylation sites is 1. The zero-order chi connectivity index (χ0) is 23.8. The lowest BCUT2D eigenvalue weighted by atomic mass is 10.1. The molecule has 0 aliphatic carbocycles. The van der Waals surface area contributed by atoms with E-state index in [2.05, 4.69) is 31.9 Å². The molecule has 3 aromatic rings. The summed E-state index contributed by atoms with van der Waals surface area (Å²) in [6.07, 6.45) is 0. The molecule has 2 amide bonds. The molecule has 8 heteroatoms. The molecular weight excluding hydrogens is 502 g/mol. The molecule has 0 heterocycles. The van der Waals surface area contributed by atoms with Crippen molar-refractivity contribution in [2.24, 2.45) is 0 Å². The van der Waals surface area contributed by atoms with E-state index >= 15 is 0 Å². The fourth-order valence-corrected chi connectivity index (χ4v) is 3.83. The van der Waals surface area contributed by atoms with Gasteiger partial charge in [0.2, 0.25) is 0 Å². The minimum Gasteiger partial charge on any atom is -0.493 e. The van der Waals surface area contributed by atoms with E-state index in [4.69, 9.17) is 17.0 Å². The highest BCUT2D eigenvalue weighted by atomic mass is 79.9. The minimum atomic E-state index is -0.379. The molecule has 0 radical (unpaired) electrons. The molecule has 0 aliphatic heterocycles. The molecule has 0 fully saturated rings. The summed E-state index contributed by atoms with van der Waals surface area (Å²) in [5.74, 6) is 0.0225. The Morgan fingerprint density at radius 2 is 1.70 bits per heavy atom. The van der Waals surface area contributed by atoms with E-state index in [1.807, 2.05) is 44.2 Å². The first-order chi connectivity index (χ1) is 15.9. The molecule has 6 nitrogen and oxygen atoms in total. The number of carbonyl (C=O) groups is 2. The molecule has 0 saturated carbocycles. The van der Waals surface area contributed by atoms with E-state index in [9.17, 15) is 9.59 Å². The van der Waals surface area contributed by atoms with Crippen LogP contribution in [0.1, 0.15) is 46.2 Å². The van der Waals surface area contributed by atoms with Gasteiger partial charge in [0, 0.05) is 5.56 Å². The average Bonchev–Trinajstić information content (AvgIpc) is 2.81. The Balaban J connectivity index is 1.66. The number of halogens is 1. The second-order valence-electron chi connectivity index (χ2n) is 7.14. The van der Waals surface area contributed by atoms with E-state index in [0.29, 0.717) is 33.6 Å². The number of anilines is 1. The van der Waals surface area contributed by atoms with Crippen LogP contribution >= 0.6 is 28.1 Å². The third-order valence-electron chi connectivity index (χ3n) is 4.79. The number of ether oxygens (including phenoxy) is 1. The minimum absolute atomic E-state index is 0.0846. The summed E-state index contributed by atoms with van der Waals surface area (Å²) in [4.78, 5) is 25.5. The average molecular weight is 526 g/mol. The summed E-state index contributed by atoms with van der Waals surface area (Å²) in [6.45, 7) is 4.33. The zero-order valence-corrected chi connectivity index (χ0v) is 20.6. The molecule has 170 valence electrons. The summed E-state index contributed by atoms with van der Waals surface area (Å²) in [5.41, 5.74) is 2.33. The molecule has 3 aromatic carbocycles. The highest BCUT2D eigenvalue weighted by Crippen LogP contribution is 2.26. The lowest BCUT2D eigenvalue weighted by Crippen LogP contribution is -2.35. The van der Waals surface area contributed by atoms with Gasteiger partial charge in [0.1, 0.15) is 5.75 Å². The quantitative estimate of drug-likeness (QED) is 0.356. The second kappa shape index (κ2) is 11.6. The first kappa shape index (κ1) is 24.4. The Morgan fingerprint density at radius 1 is 1.00 bits per heavy atom. The van der Waals surface area contributed by atoms with Gasteiger partial charge in [-0.05, 0) is 77.9 Å². The molecule has 0 spiro atoms. The molecule has 0 bridgehead atoms. The molecular formula is C25H24BrN3O3S. The van der Waals surface area contributed by atoms with Crippen LogP contribution in [0.15, 0.2) is 77.3 Å². The van der Waals surface area contributed by atoms with Gasteiger partial charge in [-0.25, -0.2) is 0 Å². The van der Waals surface area contributed by atoms with Crippen LogP contribution in [0.2, 0.25) is 0 Å². The topological polar surface area (TPSA) is 79.5 Å². The van der Waals surface area contributed by atoms with Crippen LogP contribution < -0.4 is 20.7 Å². The number of nitrogens with one attached hydrogen (secondary N) is 3. The predicted molar refractivity (Wildman–Crippen MR) is 138 cm³/mol. The molecule has 33 heavy (non-hydrogen) atoms. The van der Waals surface area contributed by atoms with Gasteiger partial charge < -0.3 is 15.4 Å². The molecule has 0 aromatic heterocycles. The summed E-state index contributed by atoms with van der Waals surface area (Å²) < 4.78 is 6.14. The third-order valence-corrected chi connectivity index (χ3v) is 5.61. The Kier molecular flexibility index (Phi) is 8.57. The highest BCUT2D eigenvalue weighted by Gasteiger charge is 2.16. The fourth-order valence-electron chi connectivity index (χ4n) is 3.13. The molecule has 1 unspecified atom stereocenters. The lowest BCUT2D eigenvalue weighted by Gasteiger charge is -2.17. The highest BCUT2D eigenvalue weighted by molar-refractivity contribution is 9.10. The molecule has 3 rings (SSSR count). The Bertz CT molecular complexity index is 1150. The van der Waals surface area contributed by atoms with Crippen LogP contribution in [0.3, 0.4) is 0 Å². The van der Waals surface area contributed by atoms with Crippen molar-refractivity contribution in [2.75, 3.05) is 11.9 Å². The summed E-state index contributed by atoms with van der Waals surface area (Å²) in [5, 5.41) is 8.67. The number of hydrogen-bond donors (Lipinski definition) is 3. The van der Waals surface area contributed by atoms with Gasteiger partial charge in [-0.1, -0.05) is 42.5 Å². The van der Waals surface area contributed by atoms with Crippen LogP contribution in [-0.4, -0.2) is 23.5 Å². The van der Waals surface area contributed by atoms with Gasteiger partial charge in [0.05, 0.1) is 28.4 Å². The largest absolute Gasteiger partial charge is 0.493 e. The maximum Gasteiger partial charge on any atom is 0.257 e. The van der Waals surface area contributed by atoms with Crippen molar-refractivity contribution in [3.63, 3.8) is 0 Å². The normalized spacial score (nSPS) is 11.2. The number of hydrogen-bond acceptors (Lipinski definition) is 4. The zero-order valence-electron chi connectivity index (χ0n) is 18.2. The summed E-state index contributed by atoms with van der Waals surface area (Å²) >= 11 is 8.71. The van der Waals surface area contributed by atoms with Crippen molar-refractivity contribution >= 4 is 50.8 Å². The maximum absolute atomic E-state index is 12.9. The predicted octanol–water partition coefficient (Wildman–Crippen LogP) is 5.47. The lowest BCUT2D eigenvalue weighted by molar-refractivity contribution is 0.0939. The van der Waals surface area contributed by atoms with Crippen LogP contribution in [0.25, 0.3) is 0 Å². The van der Waals surface area contributed by atoms with Gasteiger partial charge in [-0.15, -0.1) is 0 Å². The maximum atomic E-state index is 12.9. The molecule has 0 aliphatic rings. The van der Waals surface area contributed by atoms with Gasteiger partial charge >= 0.3 is 0 Å². The Morgan fingerprint density at radius 3 is 2.39 bits per heavy atom. The molecule has 3 N–H and O–H groups in total. The second-order valence-corrected chi connectivity index (χ2v) is 8.40. The van der Waals surface area contributed by atoms with Crippen molar-refractivity contribution in [1.82, 2.24) is 10.6 Å². The van der Waals surface area contributed by atoms with Crippen LogP contribution in [0, 0.1) is 0 Å². The third kappa shape index (κ3) is 6.63. The smallest absolute Gasteiger partial charge is 0.257 e. The number of thiocarbonyl (C=S) groups is 1. The summed E-state index contributed by atoms with van der Waals surface area (Å²) in [6, 6.07) is 21.5. The van der Waals surface area contributed by atoms with E-state index < -0.39 is 0 Å². The van der Waals surface area contributed by atoms with Crippen molar-refractivity contribution in [3.8, 4) is 5.75 Å². The van der Waals surface area contributed by atoms with Crippen LogP contribution in [-0.2, 0) is 0 Å². The van der Waals surface area contributed by atoms with Gasteiger partial charge in [0.15, 0.2) is 5.11 Å². The van der Waals surface area contributed by atoms with Crippen molar-refractivity contribution in [2.45, 2.75) is 19.9 Å². The number of benzene rings is 3.